The number of aliphatic hydroxyl groups is 1. The number of amides is 2. The van der Waals surface area contributed by atoms with Gasteiger partial charge in [0.15, 0.2) is 0 Å². The van der Waals surface area contributed by atoms with E-state index in [4.69, 9.17) is 0 Å². The number of hydrogen-bond donors (Lipinski definition) is 4. The first-order chi connectivity index (χ1) is 15.4. The summed E-state index contributed by atoms with van der Waals surface area (Å²) in [6.07, 6.45) is 2.94. The molecule has 0 saturated carbocycles. The van der Waals surface area contributed by atoms with E-state index in [0.717, 1.165) is 19.5 Å². The van der Waals surface area contributed by atoms with Crippen molar-refractivity contribution in [3.63, 3.8) is 0 Å². The highest BCUT2D eigenvalue weighted by Crippen LogP contribution is 2.26. The Morgan fingerprint density at radius 1 is 1.28 bits per heavy atom. The van der Waals surface area contributed by atoms with Crippen molar-refractivity contribution in [2.24, 2.45) is 0 Å². The lowest BCUT2D eigenvalue weighted by molar-refractivity contribution is -0.145. The Morgan fingerprint density at radius 2 is 2.03 bits per heavy atom. The van der Waals surface area contributed by atoms with Crippen LogP contribution in [0.2, 0.25) is 0 Å². The van der Waals surface area contributed by atoms with Gasteiger partial charge in [-0.25, -0.2) is 0 Å². The van der Waals surface area contributed by atoms with Crippen LogP contribution in [0.4, 0.5) is 0 Å². The molecule has 2 amide bonds. The third kappa shape index (κ3) is 5.86. The van der Waals surface area contributed by atoms with Crippen LogP contribution in [0.5, 0.6) is 0 Å². The third-order valence-electron chi connectivity index (χ3n) is 7.14. The number of nitrogens with one attached hydrogen (secondary N) is 3. The molecule has 3 saturated heterocycles. The zero-order chi connectivity index (χ0) is 22.6. The Kier molecular flexibility index (Phi) is 7.45. The minimum atomic E-state index is -0.936. The normalized spacial score (nSPS) is 26.9. The fourth-order valence-corrected chi connectivity index (χ4v) is 5.00. The molecule has 0 spiro atoms. The Hall–Kier alpha value is -2.00. The average molecular weight is 444 g/mol. The number of β-amino-alcohol motifs (C(OH)–C–C–N with tert-alkyl or cyclic N) is 1. The first-order valence-corrected chi connectivity index (χ1v) is 11.9. The van der Waals surface area contributed by atoms with Gasteiger partial charge in [0.05, 0.1) is 31.4 Å². The molecular formula is C24H37N5O3. The Bertz CT molecular complexity index is 775. The van der Waals surface area contributed by atoms with E-state index in [1.54, 1.807) is 4.90 Å². The maximum atomic E-state index is 12.8. The van der Waals surface area contributed by atoms with Crippen LogP contribution in [0.15, 0.2) is 30.3 Å². The summed E-state index contributed by atoms with van der Waals surface area (Å²) in [5, 5.41) is 21.3. The molecule has 1 unspecified atom stereocenters. The topological polar surface area (TPSA) is 96.9 Å². The van der Waals surface area contributed by atoms with Crippen molar-refractivity contribution in [3.05, 3.63) is 35.9 Å². The first kappa shape index (κ1) is 23.2. The van der Waals surface area contributed by atoms with Crippen LogP contribution in [0.3, 0.4) is 0 Å². The van der Waals surface area contributed by atoms with Crippen LogP contribution in [-0.2, 0) is 9.59 Å². The van der Waals surface area contributed by atoms with Crippen molar-refractivity contribution in [3.8, 4) is 0 Å². The van der Waals surface area contributed by atoms with Gasteiger partial charge in [0.1, 0.15) is 0 Å². The highest BCUT2D eigenvalue weighted by atomic mass is 16.3. The van der Waals surface area contributed by atoms with Crippen LogP contribution in [0.25, 0.3) is 0 Å². The maximum absolute atomic E-state index is 12.8. The Balaban J connectivity index is 1.21. The number of hydrogen-bond acceptors (Lipinski definition) is 6. The SMILES string of the molecule is C[C@H](CC(=O)N1CCC(O)(CN2CNC(N[C@@H]3CCNC3)CC2=O)CC1)c1ccccc1. The fourth-order valence-electron chi connectivity index (χ4n) is 5.00. The molecule has 3 aliphatic heterocycles. The van der Waals surface area contributed by atoms with Crippen molar-refractivity contribution < 1.29 is 14.7 Å². The second-order valence-electron chi connectivity index (χ2n) is 9.69. The van der Waals surface area contributed by atoms with E-state index >= 15 is 0 Å². The molecule has 0 bridgehead atoms. The van der Waals surface area contributed by atoms with Gasteiger partial charge in [-0.3, -0.25) is 20.2 Å². The average Bonchev–Trinajstić information content (AvgIpc) is 3.30. The van der Waals surface area contributed by atoms with Gasteiger partial charge in [-0.15, -0.1) is 0 Å². The molecule has 8 nitrogen and oxygen atoms in total. The number of carbonyl (C=O) groups excluding carboxylic acids is 2. The van der Waals surface area contributed by atoms with Crippen LogP contribution in [0.1, 0.15) is 50.5 Å². The standard InChI is InChI=1S/C24H37N5O3/c1-18(19-5-3-2-4-6-19)13-22(30)28-11-8-24(32,9-12-28)16-29-17-26-21(14-23(29)31)27-20-7-10-25-15-20/h2-6,18,20-21,25-27,32H,7-17H2,1H3/t18-,20-,21?/m1/s1. The fraction of sp³-hybridized carbons (Fsp3) is 0.667. The molecule has 8 heteroatoms. The van der Waals surface area contributed by atoms with Gasteiger partial charge in [0, 0.05) is 32.1 Å². The van der Waals surface area contributed by atoms with Gasteiger partial charge < -0.3 is 20.2 Å². The lowest BCUT2D eigenvalue weighted by Gasteiger charge is -2.43. The molecule has 3 heterocycles. The molecule has 4 N–H and O–H groups in total. The van der Waals surface area contributed by atoms with E-state index < -0.39 is 5.60 Å². The molecule has 4 rings (SSSR count). The number of piperidine rings is 1. The van der Waals surface area contributed by atoms with Gasteiger partial charge in [0.25, 0.3) is 0 Å². The molecule has 32 heavy (non-hydrogen) atoms. The largest absolute Gasteiger partial charge is 0.388 e. The second kappa shape index (κ2) is 10.3. The van der Waals surface area contributed by atoms with Crippen molar-refractivity contribution in [1.29, 1.82) is 0 Å². The van der Waals surface area contributed by atoms with Gasteiger partial charge in [-0.1, -0.05) is 37.3 Å². The highest BCUT2D eigenvalue weighted by Gasteiger charge is 2.38. The molecule has 1 aromatic carbocycles. The summed E-state index contributed by atoms with van der Waals surface area (Å²) in [7, 11) is 0. The van der Waals surface area contributed by atoms with E-state index in [9.17, 15) is 14.7 Å². The highest BCUT2D eigenvalue weighted by molar-refractivity contribution is 5.78. The summed E-state index contributed by atoms with van der Waals surface area (Å²) in [5.74, 6) is 0.369. The van der Waals surface area contributed by atoms with Crippen LogP contribution < -0.4 is 16.0 Å². The van der Waals surface area contributed by atoms with Crippen LogP contribution >= 0.6 is 0 Å². The minimum absolute atomic E-state index is 0.00985. The van der Waals surface area contributed by atoms with Crippen LogP contribution in [0, 0.1) is 0 Å². The van der Waals surface area contributed by atoms with Crippen molar-refractivity contribution in [1.82, 2.24) is 25.8 Å². The van der Waals surface area contributed by atoms with Gasteiger partial charge >= 0.3 is 0 Å². The lowest BCUT2D eigenvalue weighted by Crippen LogP contribution is -2.61. The smallest absolute Gasteiger partial charge is 0.226 e. The zero-order valence-electron chi connectivity index (χ0n) is 19.1. The molecule has 3 atom stereocenters. The Morgan fingerprint density at radius 3 is 2.69 bits per heavy atom. The Labute approximate surface area is 190 Å². The number of benzene rings is 1. The third-order valence-corrected chi connectivity index (χ3v) is 7.14. The summed E-state index contributed by atoms with van der Waals surface area (Å²) < 4.78 is 0. The van der Waals surface area contributed by atoms with Gasteiger partial charge in [-0.2, -0.15) is 0 Å². The van der Waals surface area contributed by atoms with Crippen LogP contribution in [-0.4, -0.2) is 83.9 Å². The summed E-state index contributed by atoms with van der Waals surface area (Å²) in [6.45, 7) is 5.86. The predicted octanol–water partition coefficient (Wildman–Crippen LogP) is 0.591. The molecule has 1 aromatic rings. The number of carbonyl (C=O) groups is 2. The zero-order valence-corrected chi connectivity index (χ0v) is 19.1. The van der Waals surface area contributed by atoms with Gasteiger partial charge in [0.2, 0.25) is 11.8 Å². The number of nitrogens with zero attached hydrogens (tertiary/aromatic N) is 2. The van der Waals surface area contributed by atoms with Crippen molar-refractivity contribution in [2.75, 3.05) is 39.4 Å². The second-order valence-corrected chi connectivity index (χ2v) is 9.69. The van der Waals surface area contributed by atoms with E-state index in [2.05, 4.69) is 35.0 Å². The van der Waals surface area contributed by atoms with E-state index in [1.165, 1.54) is 5.56 Å². The molecule has 3 aliphatic rings. The minimum Gasteiger partial charge on any atom is -0.388 e. The molecule has 176 valence electrons. The molecule has 0 aliphatic carbocycles. The van der Waals surface area contributed by atoms with E-state index in [0.29, 0.717) is 58.0 Å². The maximum Gasteiger partial charge on any atom is 0.226 e. The predicted molar refractivity (Wildman–Crippen MR) is 123 cm³/mol. The summed E-state index contributed by atoms with van der Waals surface area (Å²) in [6, 6.07) is 10.5. The lowest BCUT2D eigenvalue weighted by atomic mass is 9.89. The molecule has 0 radical (unpaired) electrons. The number of likely N-dealkylation sites (tertiary alicyclic amines) is 1. The summed E-state index contributed by atoms with van der Waals surface area (Å²) in [4.78, 5) is 29.0. The van der Waals surface area contributed by atoms with Crippen molar-refractivity contribution >= 4 is 11.8 Å². The van der Waals surface area contributed by atoms with E-state index in [-0.39, 0.29) is 23.9 Å². The monoisotopic (exact) mass is 443 g/mol. The number of rotatable bonds is 7. The van der Waals surface area contributed by atoms with Gasteiger partial charge in [-0.05, 0) is 37.3 Å². The van der Waals surface area contributed by atoms with E-state index in [1.807, 2.05) is 23.1 Å². The quantitative estimate of drug-likeness (QED) is 0.493. The van der Waals surface area contributed by atoms with Crippen molar-refractivity contribution in [2.45, 2.75) is 62.8 Å². The molecule has 0 aromatic heterocycles. The summed E-state index contributed by atoms with van der Waals surface area (Å²) >= 11 is 0. The molecular weight excluding hydrogens is 406 g/mol. The molecule has 3 fully saturated rings. The first-order valence-electron chi connectivity index (χ1n) is 11.9. The summed E-state index contributed by atoms with van der Waals surface area (Å²) in [5.41, 5.74) is 0.233.